The molecular formula is C18H17BrN4O3. The van der Waals surface area contributed by atoms with E-state index < -0.39 is 0 Å². The Hall–Kier alpha value is -2.45. The third-order valence-electron chi connectivity index (χ3n) is 4.45. The smallest absolute Gasteiger partial charge is 0.414 e. The summed E-state index contributed by atoms with van der Waals surface area (Å²) in [5, 5.41) is 7.62. The van der Waals surface area contributed by atoms with Crippen LogP contribution in [-0.2, 0) is 19.5 Å². The number of hydrogen-bond acceptors (Lipinski definition) is 6. The second-order valence-corrected chi connectivity index (χ2v) is 7.00. The van der Waals surface area contributed by atoms with E-state index in [1.165, 1.54) is 12.7 Å². The average Bonchev–Trinajstić information content (AvgIpc) is 3.12. The molecule has 0 aliphatic carbocycles. The fraction of sp³-hybridized carbons (Fsp3) is 0.278. The maximum Gasteiger partial charge on any atom is 0.414 e. The first kappa shape index (κ1) is 17.0. The second-order valence-electron chi connectivity index (χ2n) is 6.15. The van der Waals surface area contributed by atoms with E-state index in [1.807, 2.05) is 24.3 Å². The van der Waals surface area contributed by atoms with E-state index in [1.54, 1.807) is 0 Å². The molecule has 0 atom stereocenters. The molecule has 0 amide bonds. The van der Waals surface area contributed by atoms with Crippen LogP contribution in [0.5, 0.6) is 6.08 Å². The van der Waals surface area contributed by atoms with Gasteiger partial charge in [-0.2, -0.15) is 0 Å². The van der Waals surface area contributed by atoms with E-state index in [2.05, 4.69) is 42.1 Å². The topological polar surface area (TPSA) is 84.2 Å². The van der Waals surface area contributed by atoms with Gasteiger partial charge in [0, 0.05) is 36.2 Å². The van der Waals surface area contributed by atoms with Crippen LogP contribution in [0, 0.1) is 0 Å². The molecule has 0 saturated heterocycles. The SMILES string of the molecule is COc1nnc(-c2cc3c([nH]c2=O)CCN(Cc2ccccc2Br)C3)o1. The maximum absolute atomic E-state index is 12.4. The van der Waals surface area contributed by atoms with Crippen LogP contribution in [0.4, 0.5) is 0 Å². The number of pyridine rings is 1. The summed E-state index contributed by atoms with van der Waals surface area (Å²) in [7, 11) is 1.44. The standard InChI is InChI=1S/C18H17BrN4O3/c1-25-18-22-21-17(26-18)13-8-12-10-23(7-6-15(12)20-16(13)24)9-11-4-2-3-5-14(11)19/h2-5,8H,6-7,9-10H2,1H3,(H,20,24). The third-order valence-corrected chi connectivity index (χ3v) is 5.22. The van der Waals surface area contributed by atoms with E-state index in [0.29, 0.717) is 5.56 Å². The summed E-state index contributed by atoms with van der Waals surface area (Å²) >= 11 is 3.60. The Morgan fingerprint density at radius 2 is 2.19 bits per heavy atom. The number of fused-ring (bicyclic) bond motifs is 1. The van der Waals surface area contributed by atoms with Crippen LogP contribution in [0.25, 0.3) is 11.5 Å². The summed E-state index contributed by atoms with van der Waals surface area (Å²) in [5.41, 5.74) is 3.41. The van der Waals surface area contributed by atoms with Gasteiger partial charge in [-0.25, -0.2) is 0 Å². The first-order valence-corrected chi connectivity index (χ1v) is 9.02. The van der Waals surface area contributed by atoms with Gasteiger partial charge in [-0.3, -0.25) is 9.69 Å². The number of hydrogen-bond donors (Lipinski definition) is 1. The summed E-state index contributed by atoms with van der Waals surface area (Å²) in [6.07, 6.45) is 0.829. The molecule has 0 saturated carbocycles. The lowest BCUT2D eigenvalue weighted by Gasteiger charge is -2.29. The predicted molar refractivity (Wildman–Crippen MR) is 98.9 cm³/mol. The zero-order valence-corrected chi connectivity index (χ0v) is 15.7. The van der Waals surface area contributed by atoms with Crippen LogP contribution in [-0.4, -0.2) is 33.7 Å². The molecule has 0 fully saturated rings. The van der Waals surface area contributed by atoms with Crippen molar-refractivity contribution in [3.63, 3.8) is 0 Å². The minimum atomic E-state index is -0.227. The van der Waals surface area contributed by atoms with E-state index in [0.717, 1.165) is 41.8 Å². The molecule has 4 rings (SSSR count). The zero-order valence-electron chi connectivity index (χ0n) is 14.2. The highest BCUT2D eigenvalue weighted by atomic mass is 79.9. The number of methoxy groups -OCH3 is 1. The molecule has 2 aromatic heterocycles. The minimum absolute atomic E-state index is 0.0349. The van der Waals surface area contributed by atoms with Crippen LogP contribution in [0.15, 0.2) is 44.0 Å². The maximum atomic E-state index is 12.4. The zero-order chi connectivity index (χ0) is 18.1. The number of H-pyrrole nitrogens is 1. The lowest BCUT2D eigenvalue weighted by atomic mass is 10.0. The van der Waals surface area contributed by atoms with Gasteiger partial charge in [-0.05, 0) is 23.3 Å². The van der Waals surface area contributed by atoms with Crippen molar-refractivity contribution in [1.82, 2.24) is 20.1 Å². The fourth-order valence-corrected chi connectivity index (χ4v) is 3.54. The van der Waals surface area contributed by atoms with Gasteiger partial charge in [0.25, 0.3) is 11.4 Å². The van der Waals surface area contributed by atoms with Crippen LogP contribution < -0.4 is 10.3 Å². The van der Waals surface area contributed by atoms with Gasteiger partial charge in [0.15, 0.2) is 0 Å². The number of aromatic nitrogens is 3. The van der Waals surface area contributed by atoms with Gasteiger partial charge in [0.2, 0.25) is 0 Å². The Morgan fingerprint density at radius 3 is 2.96 bits per heavy atom. The van der Waals surface area contributed by atoms with Gasteiger partial charge >= 0.3 is 6.08 Å². The third kappa shape index (κ3) is 3.30. The predicted octanol–water partition coefficient (Wildman–Crippen LogP) is 2.75. The summed E-state index contributed by atoms with van der Waals surface area (Å²) < 4.78 is 11.3. The highest BCUT2D eigenvalue weighted by Gasteiger charge is 2.21. The molecule has 26 heavy (non-hydrogen) atoms. The normalized spacial score (nSPS) is 14.2. The number of nitrogens with one attached hydrogen (secondary N) is 1. The monoisotopic (exact) mass is 416 g/mol. The molecule has 1 N–H and O–H groups in total. The van der Waals surface area contributed by atoms with Crippen LogP contribution >= 0.6 is 15.9 Å². The van der Waals surface area contributed by atoms with Crippen molar-refractivity contribution >= 4 is 15.9 Å². The van der Waals surface area contributed by atoms with Gasteiger partial charge in [-0.15, -0.1) is 5.10 Å². The van der Waals surface area contributed by atoms with E-state index >= 15 is 0 Å². The molecule has 0 spiro atoms. The summed E-state index contributed by atoms with van der Waals surface area (Å²) in [5.74, 6) is 0.161. The lowest BCUT2D eigenvalue weighted by Crippen LogP contribution is -2.32. The van der Waals surface area contributed by atoms with Crippen molar-refractivity contribution in [3.05, 3.63) is 62.0 Å². The number of ether oxygens (including phenoxy) is 1. The molecule has 1 aromatic carbocycles. The van der Waals surface area contributed by atoms with Crippen molar-refractivity contribution in [2.45, 2.75) is 19.5 Å². The Morgan fingerprint density at radius 1 is 1.35 bits per heavy atom. The quantitative estimate of drug-likeness (QED) is 0.703. The number of benzene rings is 1. The first-order chi connectivity index (χ1) is 12.6. The Kier molecular flexibility index (Phi) is 4.60. The molecule has 1 aliphatic heterocycles. The molecule has 0 unspecified atom stereocenters. The number of rotatable bonds is 4. The number of aromatic amines is 1. The molecule has 8 heteroatoms. The van der Waals surface area contributed by atoms with E-state index in [4.69, 9.17) is 9.15 Å². The summed E-state index contributed by atoms with van der Waals surface area (Å²) in [4.78, 5) is 17.7. The largest absolute Gasteiger partial charge is 0.452 e. The second kappa shape index (κ2) is 7.05. The average molecular weight is 417 g/mol. The molecule has 134 valence electrons. The molecule has 0 bridgehead atoms. The van der Waals surface area contributed by atoms with Crippen LogP contribution in [0.3, 0.4) is 0 Å². The molecule has 1 aliphatic rings. The summed E-state index contributed by atoms with van der Waals surface area (Å²) in [6.45, 7) is 2.47. The van der Waals surface area contributed by atoms with Crippen molar-refractivity contribution in [1.29, 1.82) is 0 Å². The summed E-state index contributed by atoms with van der Waals surface area (Å²) in [6, 6.07) is 10.0. The highest BCUT2D eigenvalue weighted by Crippen LogP contribution is 2.25. The van der Waals surface area contributed by atoms with Crippen LogP contribution in [0.2, 0.25) is 0 Å². The molecule has 0 radical (unpaired) electrons. The number of halogens is 1. The number of nitrogens with zero attached hydrogens (tertiary/aromatic N) is 3. The lowest BCUT2D eigenvalue weighted by molar-refractivity contribution is 0.243. The highest BCUT2D eigenvalue weighted by molar-refractivity contribution is 9.10. The van der Waals surface area contributed by atoms with E-state index in [-0.39, 0.29) is 17.5 Å². The molecule has 3 heterocycles. The minimum Gasteiger partial charge on any atom is -0.452 e. The molecule has 7 nitrogen and oxygen atoms in total. The van der Waals surface area contributed by atoms with Crippen molar-refractivity contribution in [2.75, 3.05) is 13.7 Å². The van der Waals surface area contributed by atoms with Gasteiger partial charge in [0.1, 0.15) is 5.56 Å². The van der Waals surface area contributed by atoms with Crippen molar-refractivity contribution < 1.29 is 9.15 Å². The fourth-order valence-electron chi connectivity index (χ4n) is 3.13. The van der Waals surface area contributed by atoms with Gasteiger partial charge in [-0.1, -0.05) is 39.2 Å². The van der Waals surface area contributed by atoms with Gasteiger partial charge < -0.3 is 14.1 Å². The van der Waals surface area contributed by atoms with Gasteiger partial charge in [0.05, 0.1) is 7.11 Å². The Labute approximate surface area is 158 Å². The Balaban J connectivity index is 1.61. The van der Waals surface area contributed by atoms with Crippen molar-refractivity contribution in [2.24, 2.45) is 0 Å². The van der Waals surface area contributed by atoms with E-state index in [9.17, 15) is 4.79 Å². The molecular weight excluding hydrogens is 400 g/mol. The molecule has 3 aromatic rings. The van der Waals surface area contributed by atoms with Crippen molar-refractivity contribution in [3.8, 4) is 17.5 Å². The first-order valence-electron chi connectivity index (χ1n) is 8.22. The Bertz CT molecular complexity index is 998. The van der Waals surface area contributed by atoms with Crippen LogP contribution in [0.1, 0.15) is 16.8 Å².